The van der Waals surface area contributed by atoms with Gasteiger partial charge in [-0.3, -0.25) is 4.79 Å². The van der Waals surface area contributed by atoms with Crippen molar-refractivity contribution in [3.8, 4) is 0 Å². The second kappa shape index (κ2) is 9.74. The summed E-state index contributed by atoms with van der Waals surface area (Å²) in [6.07, 6.45) is 10.6. The van der Waals surface area contributed by atoms with Crippen molar-refractivity contribution in [3.05, 3.63) is 42.2 Å². The van der Waals surface area contributed by atoms with E-state index in [0.29, 0.717) is 23.9 Å². The number of rotatable bonds is 7. The number of hydrogen-bond donors (Lipinski definition) is 2. The van der Waals surface area contributed by atoms with E-state index in [0.717, 1.165) is 31.0 Å². The van der Waals surface area contributed by atoms with Gasteiger partial charge in [0.15, 0.2) is 0 Å². The fraction of sp³-hybridized carbons (Fsp3) is 0.625. The van der Waals surface area contributed by atoms with Crippen molar-refractivity contribution in [2.45, 2.75) is 74.2 Å². The van der Waals surface area contributed by atoms with Crippen LogP contribution < -0.4 is 10.2 Å². The van der Waals surface area contributed by atoms with Gasteiger partial charge in [0.1, 0.15) is 6.04 Å². The quantitative estimate of drug-likeness (QED) is 0.649. The number of fused-ring (bicyclic) bond motifs is 3. The van der Waals surface area contributed by atoms with Crippen molar-refractivity contribution in [1.82, 2.24) is 20.3 Å². The first-order valence-corrected chi connectivity index (χ1v) is 12.9. The van der Waals surface area contributed by atoms with Crippen molar-refractivity contribution in [3.63, 3.8) is 0 Å². The molecule has 1 aromatic heterocycles. The molecule has 31 heavy (non-hydrogen) atoms. The minimum Gasteiger partial charge on any atom is -0.353 e. The Bertz CT molecular complexity index is 866. The number of quaternary nitrogens is 1. The Kier molecular flexibility index (Phi) is 6.60. The number of thioether (sulfide) groups is 1. The lowest BCUT2D eigenvalue weighted by Gasteiger charge is -2.46. The van der Waals surface area contributed by atoms with Crippen LogP contribution in [0.1, 0.15) is 50.6 Å². The van der Waals surface area contributed by atoms with Gasteiger partial charge < -0.3 is 10.2 Å². The molecule has 4 aliphatic rings. The van der Waals surface area contributed by atoms with Crippen LogP contribution in [0.4, 0.5) is 0 Å². The summed E-state index contributed by atoms with van der Waals surface area (Å²) < 4.78 is 2.02. The van der Waals surface area contributed by atoms with Gasteiger partial charge in [0.05, 0.1) is 31.2 Å². The van der Waals surface area contributed by atoms with Crippen LogP contribution in [0.5, 0.6) is 0 Å². The van der Waals surface area contributed by atoms with Crippen LogP contribution in [-0.4, -0.2) is 46.1 Å². The van der Waals surface area contributed by atoms with E-state index in [1.165, 1.54) is 50.0 Å². The number of aromatic nitrogens is 3. The average molecular weight is 441 g/mol. The van der Waals surface area contributed by atoms with E-state index in [1.807, 2.05) is 10.7 Å². The molecule has 6 rings (SSSR count). The predicted octanol–water partition coefficient (Wildman–Crippen LogP) is 2.31. The summed E-state index contributed by atoms with van der Waals surface area (Å²) in [7, 11) is 0. The first-order chi connectivity index (χ1) is 15.2. The standard InChI is InChI=1S/C24H33N5OS/c30-24(25-19-7-3-1-4-8-19)23-16-28-12-11-18(23)13-21(28)15-29-14-20(26-27-29)17-31-22-9-5-2-6-10-22/h2,5-6,9-10,14,18-19,21,23H,1,3-4,7-8,11-13,15-17H2,(H,25,30)/p+1/t18-,21-,23+/m1/s1. The van der Waals surface area contributed by atoms with Crippen LogP contribution in [0.3, 0.4) is 0 Å². The Morgan fingerprint density at radius 2 is 2.00 bits per heavy atom. The van der Waals surface area contributed by atoms with Gasteiger partial charge in [0, 0.05) is 35.7 Å². The molecule has 1 aliphatic carbocycles. The minimum absolute atomic E-state index is 0.204. The van der Waals surface area contributed by atoms with E-state index >= 15 is 0 Å². The number of amides is 1. The molecule has 3 saturated heterocycles. The van der Waals surface area contributed by atoms with Gasteiger partial charge in [-0.1, -0.05) is 42.7 Å². The monoisotopic (exact) mass is 440 g/mol. The maximum Gasteiger partial charge on any atom is 0.229 e. The first-order valence-electron chi connectivity index (χ1n) is 12.0. The van der Waals surface area contributed by atoms with Gasteiger partial charge in [-0.05, 0) is 30.9 Å². The normalized spacial score (nSPS) is 28.5. The van der Waals surface area contributed by atoms with Crippen molar-refractivity contribution in [2.24, 2.45) is 11.8 Å². The molecule has 1 unspecified atom stereocenters. The van der Waals surface area contributed by atoms with Crippen molar-refractivity contribution >= 4 is 17.7 Å². The highest BCUT2D eigenvalue weighted by atomic mass is 32.2. The smallest absolute Gasteiger partial charge is 0.229 e. The first kappa shape index (κ1) is 21.0. The molecule has 2 N–H and O–H groups in total. The lowest BCUT2D eigenvalue weighted by atomic mass is 9.75. The zero-order valence-corrected chi connectivity index (χ0v) is 19.0. The van der Waals surface area contributed by atoms with Crippen molar-refractivity contribution in [2.75, 3.05) is 13.1 Å². The molecule has 4 heterocycles. The molecule has 2 aromatic rings. The molecular weight excluding hydrogens is 406 g/mol. The minimum atomic E-state index is 0.204. The third kappa shape index (κ3) is 5.14. The molecule has 4 atom stereocenters. The highest BCUT2D eigenvalue weighted by Crippen LogP contribution is 2.29. The van der Waals surface area contributed by atoms with Crippen LogP contribution in [0.15, 0.2) is 41.4 Å². The number of benzene rings is 1. The number of nitrogens with one attached hydrogen (secondary N) is 2. The third-order valence-electron chi connectivity index (χ3n) is 7.46. The van der Waals surface area contributed by atoms with Crippen LogP contribution in [0, 0.1) is 11.8 Å². The zero-order valence-electron chi connectivity index (χ0n) is 18.2. The number of piperidine rings is 3. The summed E-state index contributed by atoms with van der Waals surface area (Å²) in [5.74, 6) is 1.91. The Morgan fingerprint density at radius 3 is 2.77 bits per heavy atom. The summed E-state index contributed by atoms with van der Waals surface area (Å²) >= 11 is 1.80. The highest BCUT2D eigenvalue weighted by Gasteiger charge is 2.46. The molecule has 2 bridgehead atoms. The van der Waals surface area contributed by atoms with E-state index in [4.69, 9.17) is 0 Å². The summed E-state index contributed by atoms with van der Waals surface area (Å²) in [4.78, 5) is 15.8. The van der Waals surface area contributed by atoms with Gasteiger partial charge in [-0.2, -0.15) is 0 Å². The van der Waals surface area contributed by atoms with Crippen molar-refractivity contribution < 1.29 is 9.69 Å². The van der Waals surface area contributed by atoms with Gasteiger partial charge in [0.2, 0.25) is 5.91 Å². The SMILES string of the molecule is O=C(NC1CCCCC1)[C@H]1C[NH+]2CC[C@@H]1C[C@@H]2Cn1cc(CSc2ccccc2)nn1. The maximum absolute atomic E-state index is 13.0. The Hall–Kier alpha value is -1.86. The number of hydrogen-bond acceptors (Lipinski definition) is 4. The molecule has 4 fully saturated rings. The molecule has 6 nitrogen and oxygen atoms in total. The molecule has 0 spiro atoms. The van der Waals surface area contributed by atoms with Gasteiger partial charge in [0.25, 0.3) is 0 Å². The zero-order chi connectivity index (χ0) is 21.0. The van der Waals surface area contributed by atoms with Crippen molar-refractivity contribution in [1.29, 1.82) is 0 Å². The molecular formula is C24H34N5OS+. The Morgan fingerprint density at radius 1 is 1.16 bits per heavy atom. The summed E-state index contributed by atoms with van der Waals surface area (Å²) in [6.45, 7) is 3.08. The highest BCUT2D eigenvalue weighted by molar-refractivity contribution is 7.98. The molecule has 1 saturated carbocycles. The van der Waals surface area contributed by atoms with Crippen LogP contribution >= 0.6 is 11.8 Å². The van der Waals surface area contributed by atoms with Gasteiger partial charge in [-0.25, -0.2) is 4.68 Å². The van der Waals surface area contributed by atoms with Crippen LogP contribution in [0.25, 0.3) is 0 Å². The lowest BCUT2D eigenvalue weighted by Crippen LogP contribution is -3.20. The molecule has 0 radical (unpaired) electrons. The number of carbonyl (C=O) groups excluding carboxylic acids is 1. The van der Waals surface area contributed by atoms with Crippen LogP contribution in [0.2, 0.25) is 0 Å². The maximum atomic E-state index is 13.0. The fourth-order valence-corrected chi connectivity index (χ4v) is 6.56. The second-order valence-electron chi connectivity index (χ2n) is 9.58. The van der Waals surface area contributed by atoms with E-state index in [1.54, 1.807) is 16.7 Å². The fourth-order valence-electron chi connectivity index (χ4n) is 5.77. The molecule has 1 aromatic carbocycles. The number of carbonyl (C=O) groups is 1. The van der Waals surface area contributed by atoms with E-state index < -0.39 is 0 Å². The van der Waals surface area contributed by atoms with Crippen LogP contribution in [-0.2, 0) is 17.1 Å². The Balaban J connectivity index is 1.13. The van der Waals surface area contributed by atoms with E-state index in [-0.39, 0.29) is 5.92 Å². The predicted molar refractivity (Wildman–Crippen MR) is 122 cm³/mol. The topological polar surface area (TPSA) is 64.2 Å². The van der Waals surface area contributed by atoms with E-state index in [9.17, 15) is 4.79 Å². The second-order valence-corrected chi connectivity index (χ2v) is 10.6. The lowest BCUT2D eigenvalue weighted by molar-refractivity contribution is -0.945. The van der Waals surface area contributed by atoms with Gasteiger partial charge in [-0.15, -0.1) is 16.9 Å². The third-order valence-corrected chi connectivity index (χ3v) is 8.51. The van der Waals surface area contributed by atoms with E-state index in [2.05, 4.69) is 46.1 Å². The largest absolute Gasteiger partial charge is 0.353 e. The Labute approximate surface area is 189 Å². The van der Waals surface area contributed by atoms with Gasteiger partial charge >= 0.3 is 0 Å². The molecule has 3 aliphatic heterocycles. The molecule has 1 amide bonds. The average Bonchev–Trinajstić information content (AvgIpc) is 3.27. The molecule has 166 valence electrons. The summed E-state index contributed by atoms with van der Waals surface area (Å²) in [5, 5.41) is 12.2. The number of nitrogens with zero attached hydrogens (tertiary/aromatic N) is 3. The summed E-state index contributed by atoms with van der Waals surface area (Å²) in [5.41, 5.74) is 1.03. The molecule has 7 heteroatoms. The summed E-state index contributed by atoms with van der Waals surface area (Å²) in [6, 6.07) is 11.4.